The average Bonchev–Trinajstić information content (AvgIpc) is 2.65. The molecule has 3 rings (SSSR count). The van der Waals surface area contributed by atoms with Crippen LogP contribution in [0, 0.1) is 0 Å². The van der Waals surface area contributed by atoms with E-state index in [0.29, 0.717) is 29.3 Å². The molecule has 25 heavy (non-hydrogen) atoms. The van der Waals surface area contributed by atoms with Gasteiger partial charge in [-0.05, 0) is 30.5 Å². The van der Waals surface area contributed by atoms with Gasteiger partial charge in [0.2, 0.25) is 0 Å². The van der Waals surface area contributed by atoms with E-state index in [1.807, 2.05) is 48.5 Å². The number of hydrogen-bond acceptors (Lipinski definition) is 3. The Morgan fingerprint density at radius 3 is 2.48 bits per heavy atom. The number of benzene rings is 2. The van der Waals surface area contributed by atoms with Crippen molar-refractivity contribution in [1.29, 1.82) is 0 Å². The standard InChI is InChI=1S/C20H18N2O3/c23-19(16-12-13-21-17-9-5-4-8-15(16)17)22-18(20(24)25)11-10-14-6-2-1-3-7-14/h1-9,12-13,18H,10-11H2,(H,22,23)(H,24,25)/t18-/m1/s1. The van der Waals surface area contributed by atoms with E-state index in [-0.39, 0.29) is 0 Å². The number of pyridine rings is 1. The number of rotatable bonds is 6. The average molecular weight is 334 g/mol. The van der Waals surface area contributed by atoms with Crippen LogP contribution in [0.5, 0.6) is 0 Å². The van der Waals surface area contributed by atoms with Crippen molar-refractivity contribution < 1.29 is 14.7 Å². The van der Waals surface area contributed by atoms with Crippen molar-refractivity contribution in [2.75, 3.05) is 0 Å². The fraction of sp³-hybridized carbons (Fsp3) is 0.150. The van der Waals surface area contributed by atoms with Crippen LogP contribution in [-0.2, 0) is 11.2 Å². The van der Waals surface area contributed by atoms with Gasteiger partial charge in [0, 0.05) is 11.6 Å². The van der Waals surface area contributed by atoms with Gasteiger partial charge in [0.25, 0.3) is 5.91 Å². The zero-order valence-corrected chi connectivity index (χ0v) is 13.6. The van der Waals surface area contributed by atoms with Gasteiger partial charge >= 0.3 is 5.97 Å². The number of nitrogens with zero attached hydrogens (tertiary/aromatic N) is 1. The Bertz CT molecular complexity index is 888. The molecular weight excluding hydrogens is 316 g/mol. The van der Waals surface area contributed by atoms with E-state index in [1.54, 1.807) is 18.3 Å². The summed E-state index contributed by atoms with van der Waals surface area (Å²) in [4.78, 5) is 28.3. The molecule has 5 heteroatoms. The molecule has 0 saturated carbocycles. The highest BCUT2D eigenvalue weighted by molar-refractivity contribution is 6.06. The fourth-order valence-corrected chi connectivity index (χ4v) is 2.74. The summed E-state index contributed by atoms with van der Waals surface area (Å²) >= 11 is 0. The Morgan fingerprint density at radius 2 is 1.72 bits per heavy atom. The topological polar surface area (TPSA) is 79.3 Å². The molecule has 1 amide bonds. The number of carbonyl (C=O) groups excluding carboxylic acids is 1. The highest BCUT2D eigenvalue weighted by atomic mass is 16.4. The molecule has 1 aromatic heterocycles. The van der Waals surface area contributed by atoms with E-state index >= 15 is 0 Å². The smallest absolute Gasteiger partial charge is 0.326 e. The van der Waals surface area contributed by atoms with Gasteiger partial charge in [0.05, 0.1) is 11.1 Å². The number of aliphatic carboxylic acids is 1. The predicted octanol–water partition coefficient (Wildman–Crippen LogP) is 3.05. The van der Waals surface area contributed by atoms with E-state index in [1.165, 1.54) is 0 Å². The third-order valence-corrected chi connectivity index (χ3v) is 4.06. The first kappa shape index (κ1) is 16.6. The summed E-state index contributed by atoms with van der Waals surface area (Å²) in [6.45, 7) is 0. The van der Waals surface area contributed by atoms with Crippen molar-refractivity contribution >= 4 is 22.8 Å². The molecule has 3 aromatic rings. The van der Waals surface area contributed by atoms with Crippen LogP contribution in [0.3, 0.4) is 0 Å². The molecule has 0 saturated heterocycles. The van der Waals surface area contributed by atoms with Crippen LogP contribution in [0.1, 0.15) is 22.3 Å². The summed E-state index contributed by atoms with van der Waals surface area (Å²) in [5.74, 6) is -1.44. The van der Waals surface area contributed by atoms with E-state index in [2.05, 4.69) is 10.3 Å². The van der Waals surface area contributed by atoms with Crippen LogP contribution in [0.25, 0.3) is 10.9 Å². The summed E-state index contributed by atoms with van der Waals surface area (Å²) < 4.78 is 0. The van der Waals surface area contributed by atoms with Crippen LogP contribution >= 0.6 is 0 Å². The Hall–Kier alpha value is -3.21. The SMILES string of the molecule is O=C(N[C@H](CCc1ccccc1)C(=O)O)c1ccnc2ccccc12. The molecule has 1 heterocycles. The Morgan fingerprint density at radius 1 is 1.00 bits per heavy atom. The van der Waals surface area contributed by atoms with Gasteiger partial charge in [-0.3, -0.25) is 9.78 Å². The largest absolute Gasteiger partial charge is 0.480 e. The predicted molar refractivity (Wildman–Crippen MR) is 95.4 cm³/mol. The minimum atomic E-state index is -1.04. The third-order valence-electron chi connectivity index (χ3n) is 4.06. The Labute approximate surface area is 145 Å². The number of carbonyl (C=O) groups is 2. The second-order valence-corrected chi connectivity index (χ2v) is 5.76. The van der Waals surface area contributed by atoms with Gasteiger partial charge in [-0.2, -0.15) is 0 Å². The van der Waals surface area contributed by atoms with Gasteiger partial charge < -0.3 is 10.4 Å². The van der Waals surface area contributed by atoms with Gasteiger partial charge in [-0.15, -0.1) is 0 Å². The van der Waals surface area contributed by atoms with Crippen molar-refractivity contribution in [3.63, 3.8) is 0 Å². The Balaban J connectivity index is 1.75. The van der Waals surface area contributed by atoms with Gasteiger partial charge in [0.1, 0.15) is 6.04 Å². The first-order valence-corrected chi connectivity index (χ1v) is 8.06. The van der Waals surface area contributed by atoms with Crippen LogP contribution in [0.4, 0.5) is 0 Å². The van der Waals surface area contributed by atoms with Crippen molar-refractivity contribution in [3.05, 3.63) is 78.0 Å². The summed E-state index contributed by atoms with van der Waals surface area (Å²) in [6, 6.07) is 17.6. The molecule has 2 aromatic carbocycles. The molecule has 2 N–H and O–H groups in total. The highest BCUT2D eigenvalue weighted by Crippen LogP contribution is 2.16. The minimum absolute atomic E-state index is 0.327. The van der Waals surface area contributed by atoms with Crippen molar-refractivity contribution in [1.82, 2.24) is 10.3 Å². The summed E-state index contributed by atoms with van der Waals surface area (Å²) in [7, 11) is 0. The summed E-state index contributed by atoms with van der Waals surface area (Å²) in [5, 5.41) is 12.8. The number of aromatic nitrogens is 1. The van der Waals surface area contributed by atoms with Crippen molar-refractivity contribution in [3.8, 4) is 0 Å². The number of amides is 1. The first-order valence-electron chi connectivity index (χ1n) is 8.06. The Kier molecular flexibility index (Phi) is 5.04. The zero-order valence-electron chi connectivity index (χ0n) is 13.6. The lowest BCUT2D eigenvalue weighted by Crippen LogP contribution is -2.41. The first-order chi connectivity index (χ1) is 12.1. The highest BCUT2D eigenvalue weighted by Gasteiger charge is 2.21. The normalized spacial score (nSPS) is 11.8. The number of hydrogen-bond donors (Lipinski definition) is 2. The van der Waals surface area contributed by atoms with Gasteiger partial charge in [0.15, 0.2) is 0 Å². The van der Waals surface area contributed by atoms with Crippen LogP contribution in [-0.4, -0.2) is 28.0 Å². The maximum Gasteiger partial charge on any atom is 0.326 e. The molecule has 1 atom stereocenters. The lowest BCUT2D eigenvalue weighted by Gasteiger charge is -2.15. The molecule has 0 fully saturated rings. The molecular formula is C20H18N2O3. The van der Waals surface area contributed by atoms with E-state index in [9.17, 15) is 14.7 Å². The van der Waals surface area contributed by atoms with Gasteiger partial charge in [-0.1, -0.05) is 48.5 Å². The fourth-order valence-electron chi connectivity index (χ4n) is 2.74. The van der Waals surface area contributed by atoms with Gasteiger partial charge in [-0.25, -0.2) is 4.79 Å². The zero-order chi connectivity index (χ0) is 17.6. The summed E-state index contributed by atoms with van der Waals surface area (Å²) in [5.41, 5.74) is 2.17. The molecule has 0 bridgehead atoms. The number of para-hydroxylation sites is 1. The number of fused-ring (bicyclic) bond motifs is 1. The maximum atomic E-state index is 12.6. The lowest BCUT2D eigenvalue weighted by molar-refractivity contribution is -0.139. The summed E-state index contributed by atoms with van der Waals surface area (Å²) in [6.07, 6.45) is 2.46. The van der Waals surface area contributed by atoms with E-state index in [4.69, 9.17) is 0 Å². The van der Waals surface area contributed by atoms with Crippen LogP contribution in [0.15, 0.2) is 66.9 Å². The molecule has 5 nitrogen and oxygen atoms in total. The van der Waals surface area contributed by atoms with E-state index < -0.39 is 17.9 Å². The van der Waals surface area contributed by atoms with Crippen LogP contribution < -0.4 is 5.32 Å². The number of nitrogens with one attached hydrogen (secondary N) is 1. The van der Waals surface area contributed by atoms with Crippen molar-refractivity contribution in [2.45, 2.75) is 18.9 Å². The number of carboxylic acid groups (broad SMARTS) is 1. The minimum Gasteiger partial charge on any atom is -0.480 e. The lowest BCUT2D eigenvalue weighted by atomic mass is 10.0. The monoisotopic (exact) mass is 334 g/mol. The molecule has 0 aliphatic carbocycles. The number of aryl methyl sites for hydroxylation is 1. The van der Waals surface area contributed by atoms with E-state index in [0.717, 1.165) is 5.56 Å². The molecule has 0 aliphatic rings. The maximum absolute atomic E-state index is 12.6. The number of carboxylic acids is 1. The third kappa shape index (κ3) is 4.01. The molecule has 0 spiro atoms. The second kappa shape index (κ2) is 7.57. The molecule has 126 valence electrons. The molecule has 0 unspecified atom stereocenters. The quantitative estimate of drug-likeness (QED) is 0.726. The second-order valence-electron chi connectivity index (χ2n) is 5.76. The van der Waals surface area contributed by atoms with Crippen LogP contribution in [0.2, 0.25) is 0 Å². The van der Waals surface area contributed by atoms with Crippen molar-refractivity contribution in [2.24, 2.45) is 0 Å². The molecule has 0 radical (unpaired) electrons. The molecule has 0 aliphatic heterocycles.